The fraction of sp³-hybridized carbons (Fsp3) is 0.148. The summed E-state index contributed by atoms with van der Waals surface area (Å²) in [4.78, 5) is 4.53. The van der Waals surface area contributed by atoms with Crippen LogP contribution in [0.15, 0.2) is 83.5 Å². The zero-order chi connectivity index (χ0) is 20.7. The molecule has 30 heavy (non-hydrogen) atoms. The van der Waals surface area contributed by atoms with Crippen LogP contribution in [0.3, 0.4) is 0 Å². The molecule has 3 heteroatoms. The molecule has 0 unspecified atom stereocenters. The number of rotatable bonds is 4. The Kier molecular flexibility index (Phi) is 4.92. The van der Waals surface area contributed by atoms with Crippen LogP contribution < -0.4 is 0 Å². The number of halogens is 1. The van der Waals surface area contributed by atoms with Gasteiger partial charge in [0.25, 0.3) is 0 Å². The summed E-state index contributed by atoms with van der Waals surface area (Å²) in [6.45, 7) is 4.43. The highest BCUT2D eigenvalue weighted by Crippen LogP contribution is 2.34. The number of aryl methyl sites for hydroxylation is 2. The van der Waals surface area contributed by atoms with Crippen molar-refractivity contribution in [3.05, 3.63) is 94.6 Å². The minimum Gasteiger partial charge on any atom is -0.309 e. The number of hydrogen-bond donors (Lipinski definition) is 0. The van der Waals surface area contributed by atoms with Gasteiger partial charge in [0, 0.05) is 32.7 Å². The van der Waals surface area contributed by atoms with Gasteiger partial charge in [0.2, 0.25) is 0 Å². The lowest BCUT2D eigenvalue weighted by Gasteiger charge is -2.10. The number of aromatic nitrogens is 2. The van der Waals surface area contributed by atoms with Crippen LogP contribution >= 0.6 is 15.9 Å². The van der Waals surface area contributed by atoms with E-state index in [0.29, 0.717) is 0 Å². The Labute approximate surface area is 185 Å². The molecule has 0 spiro atoms. The Morgan fingerprint density at radius 2 is 1.33 bits per heavy atom. The lowest BCUT2D eigenvalue weighted by molar-refractivity contribution is 1.13. The summed E-state index contributed by atoms with van der Waals surface area (Å²) >= 11 is 3.46. The van der Waals surface area contributed by atoms with Crippen LogP contribution in [0.1, 0.15) is 25.0 Å². The predicted molar refractivity (Wildman–Crippen MR) is 130 cm³/mol. The van der Waals surface area contributed by atoms with E-state index in [4.69, 9.17) is 0 Å². The minimum absolute atomic E-state index is 0.979. The quantitative estimate of drug-likeness (QED) is 0.271. The number of fused-ring (bicyclic) bond motifs is 3. The molecule has 5 rings (SSSR count). The number of pyridine rings is 1. The maximum Gasteiger partial charge on any atom is 0.0702 e. The van der Waals surface area contributed by atoms with Crippen molar-refractivity contribution in [2.24, 2.45) is 0 Å². The van der Waals surface area contributed by atoms with Crippen LogP contribution in [0.5, 0.6) is 0 Å². The highest BCUT2D eigenvalue weighted by molar-refractivity contribution is 9.10. The molecule has 0 bridgehead atoms. The van der Waals surface area contributed by atoms with Crippen molar-refractivity contribution in [1.82, 2.24) is 9.55 Å². The van der Waals surface area contributed by atoms with E-state index in [1.54, 1.807) is 0 Å². The van der Waals surface area contributed by atoms with Gasteiger partial charge in [-0.05, 0) is 88.4 Å². The summed E-state index contributed by atoms with van der Waals surface area (Å²) in [7, 11) is 0. The van der Waals surface area contributed by atoms with Crippen molar-refractivity contribution in [2.45, 2.75) is 26.7 Å². The molecule has 2 nitrogen and oxygen atoms in total. The van der Waals surface area contributed by atoms with E-state index in [1.807, 2.05) is 18.3 Å². The van der Waals surface area contributed by atoms with E-state index in [9.17, 15) is 0 Å². The smallest absolute Gasteiger partial charge is 0.0702 e. The predicted octanol–water partition coefficient (Wildman–Crippen LogP) is 7.73. The first-order valence-corrected chi connectivity index (χ1v) is 11.3. The largest absolute Gasteiger partial charge is 0.309 e. The molecule has 0 aliphatic carbocycles. The number of nitrogens with zero attached hydrogens (tertiary/aromatic N) is 2. The van der Waals surface area contributed by atoms with Crippen LogP contribution in [-0.4, -0.2) is 9.55 Å². The highest BCUT2D eigenvalue weighted by Gasteiger charge is 2.13. The topological polar surface area (TPSA) is 17.8 Å². The van der Waals surface area contributed by atoms with E-state index >= 15 is 0 Å². The second-order valence-corrected chi connectivity index (χ2v) is 8.57. The Bertz CT molecular complexity index is 1290. The number of hydrogen-bond acceptors (Lipinski definition) is 1. The molecule has 0 atom stereocenters. The average Bonchev–Trinajstić information content (AvgIpc) is 3.12. The van der Waals surface area contributed by atoms with Crippen molar-refractivity contribution in [2.75, 3.05) is 0 Å². The molecule has 0 N–H and O–H groups in total. The van der Waals surface area contributed by atoms with Crippen LogP contribution in [0.2, 0.25) is 0 Å². The molecule has 0 aliphatic heterocycles. The molecule has 0 saturated carbocycles. The Morgan fingerprint density at radius 3 is 1.83 bits per heavy atom. The standard InChI is InChI=1S/C27H23BrN2/c1-3-18-5-13-26-23(15-18)24-16-19(4-2)6-14-27(24)30(26)22-10-7-20(8-11-22)25-12-9-21(28)17-29-25/h5-17H,3-4H2,1-2H3. The van der Waals surface area contributed by atoms with Gasteiger partial charge in [0.1, 0.15) is 0 Å². The molecule has 0 radical (unpaired) electrons. The third-order valence-corrected chi connectivity index (χ3v) is 6.33. The lowest BCUT2D eigenvalue weighted by Crippen LogP contribution is -1.94. The van der Waals surface area contributed by atoms with Crippen LogP contribution in [0.25, 0.3) is 38.8 Å². The second kappa shape index (κ2) is 7.73. The molecule has 3 aromatic carbocycles. The van der Waals surface area contributed by atoms with Gasteiger partial charge >= 0.3 is 0 Å². The van der Waals surface area contributed by atoms with Crippen molar-refractivity contribution in [1.29, 1.82) is 0 Å². The SMILES string of the molecule is CCc1ccc2c(c1)c1cc(CC)ccc1n2-c1ccc(-c2ccc(Br)cn2)cc1. The normalized spacial score (nSPS) is 11.4. The third-order valence-electron chi connectivity index (χ3n) is 5.86. The molecular weight excluding hydrogens is 432 g/mol. The minimum atomic E-state index is 0.979. The Balaban J connectivity index is 1.70. The van der Waals surface area contributed by atoms with Crippen LogP contribution in [0.4, 0.5) is 0 Å². The lowest BCUT2D eigenvalue weighted by atomic mass is 10.1. The first-order chi connectivity index (χ1) is 14.7. The summed E-state index contributed by atoms with van der Waals surface area (Å²) < 4.78 is 3.37. The van der Waals surface area contributed by atoms with E-state index in [-0.39, 0.29) is 0 Å². The van der Waals surface area contributed by atoms with E-state index < -0.39 is 0 Å². The molecular formula is C27H23BrN2. The van der Waals surface area contributed by atoms with Gasteiger partial charge in [-0.2, -0.15) is 0 Å². The summed E-state index contributed by atoms with van der Waals surface area (Å²) in [6.07, 6.45) is 3.93. The summed E-state index contributed by atoms with van der Waals surface area (Å²) in [5, 5.41) is 2.66. The first kappa shape index (κ1) is 19.1. The number of benzene rings is 3. The Morgan fingerprint density at radius 1 is 0.733 bits per heavy atom. The van der Waals surface area contributed by atoms with Gasteiger partial charge in [0.05, 0.1) is 16.7 Å². The summed E-state index contributed by atoms with van der Waals surface area (Å²) in [5.41, 5.74) is 8.53. The second-order valence-electron chi connectivity index (χ2n) is 7.65. The van der Waals surface area contributed by atoms with Crippen molar-refractivity contribution in [3.8, 4) is 16.9 Å². The van der Waals surface area contributed by atoms with Gasteiger partial charge in [-0.25, -0.2) is 0 Å². The third kappa shape index (κ3) is 3.23. The van der Waals surface area contributed by atoms with Crippen molar-refractivity contribution >= 4 is 37.7 Å². The summed E-state index contributed by atoms with van der Waals surface area (Å²) in [5.74, 6) is 0. The highest BCUT2D eigenvalue weighted by atomic mass is 79.9. The van der Waals surface area contributed by atoms with Crippen molar-refractivity contribution in [3.63, 3.8) is 0 Å². The van der Waals surface area contributed by atoms with Gasteiger partial charge in [0.15, 0.2) is 0 Å². The van der Waals surface area contributed by atoms with Gasteiger partial charge in [-0.15, -0.1) is 0 Å². The molecule has 0 fully saturated rings. The van der Waals surface area contributed by atoms with Gasteiger partial charge < -0.3 is 4.57 Å². The molecule has 0 amide bonds. The maximum atomic E-state index is 4.53. The van der Waals surface area contributed by atoms with E-state index in [1.165, 1.54) is 38.6 Å². The molecule has 0 saturated heterocycles. The molecule has 2 aromatic heterocycles. The van der Waals surface area contributed by atoms with E-state index in [2.05, 4.69) is 100.0 Å². The van der Waals surface area contributed by atoms with Gasteiger partial charge in [-0.3, -0.25) is 4.98 Å². The van der Waals surface area contributed by atoms with E-state index in [0.717, 1.165) is 28.6 Å². The maximum absolute atomic E-state index is 4.53. The molecule has 0 aliphatic rings. The van der Waals surface area contributed by atoms with Crippen molar-refractivity contribution < 1.29 is 0 Å². The first-order valence-electron chi connectivity index (χ1n) is 10.5. The molecule has 5 aromatic rings. The molecule has 148 valence electrons. The van der Waals surface area contributed by atoms with Crippen LogP contribution in [-0.2, 0) is 12.8 Å². The van der Waals surface area contributed by atoms with Crippen LogP contribution in [0, 0.1) is 0 Å². The zero-order valence-electron chi connectivity index (χ0n) is 17.2. The average molecular weight is 455 g/mol. The fourth-order valence-electron chi connectivity index (χ4n) is 4.16. The van der Waals surface area contributed by atoms with Gasteiger partial charge in [-0.1, -0.05) is 38.1 Å². The fourth-order valence-corrected chi connectivity index (χ4v) is 4.40. The Hall–Kier alpha value is -2.91. The monoisotopic (exact) mass is 454 g/mol. The summed E-state index contributed by atoms with van der Waals surface area (Å²) in [6, 6.07) is 26.5. The molecule has 2 heterocycles. The zero-order valence-corrected chi connectivity index (χ0v) is 18.8.